The summed E-state index contributed by atoms with van der Waals surface area (Å²) < 4.78 is 13.6. The lowest BCUT2D eigenvalue weighted by Gasteiger charge is -2.17. The van der Waals surface area contributed by atoms with Gasteiger partial charge in [0, 0.05) is 32.0 Å². The third-order valence-corrected chi connectivity index (χ3v) is 6.33. The second kappa shape index (κ2) is 10.00. The van der Waals surface area contributed by atoms with Crippen LogP contribution < -0.4 is 9.47 Å². The van der Waals surface area contributed by atoms with Crippen molar-refractivity contribution >= 4 is 16.9 Å². The molecule has 0 aliphatic carbocycles. The lowest BCUT2D eigenvalue weighted by atomic mass is 10.1. The van der Waals surface area contributed by atoms with Crippen molar-refractivity contribution < 1.29 is 14.3 Å². The van der Waals surface area contributed by atoms with Gasteiger partial charge in [0.2, 0.25) is 5.91 Å². The lowest BCUT2D eigenvalue weighted by molar-refractivity contribution is -0.128. The van der Waals surface area contributed by atoms with Gasteiger partial charge in [0.15, 0.2) is 11.5 Å². The summed E-state index contributed by atoms with van der Waals surface area (Å²) in [5, 5.41) is 0. The first-order valence-electron chi connectivity index (χ1n) is 11.8. The van der Waals surface area contributed by atoms with E-state index in [9.17, 15) is 4.79 Å². The molecule has 1 aliphatic heterocycles. The fourth-order valence-corrected chi connectivity index (χ4v) is 4.69. The van der Waals surface area contributed by atoms with E-state index in [2.05, 4.69) is 22.8 Å². The first kappa shape index (κ1) is 22.0. The zero-order chi connectivity index (χ0) is 23.3. The number of imidazole rings is 1. The molecule has 1 fully saturated rings. The number of fused-ring (bicyclic) bond motifs is 1. The molecule has 3 aromatic carbocycles. The SMILES string of the molecule is COc1ccccc1OCCCn1c([C@H]2CC(=O)N(Cc3ccccc3)C2)nc2ccccc21. The third-order valence-electron chi connectivity index (χ3n) is 6.33. The summed E-state index contributed by atoms with van der Waals surface area (Å²) in [7, 11) is 1.65. The van der Waals surface area contributed by atoms with Gasteiger partial charge in [-0.3, -0.25) is 4.79 Å². The number of benzene rings is 3. The zero-order valence-corrected chi connectivity index (χ0v) is 19.4. The molecule has 1 saturated heterocycles. The zero-order valence-electron chi connectivity index (χ0n) is 19.4. The fraction of sp³-hybridized carbons (Fsp3) is 0.286. The van der Waals surface area contributed by atoms with Crippen LogP contribution in [0.15, 0.2) is 78.9 Å². The van der Waals surface area contributed by atoms with Gasteiger partial charge < -0.3 is 18.9 Å². The molecule has 1 atom stereocenters. The summed E-state index contributed by atoms with van der Waals surface area (Å²) in [4.78, 5) is 19.7. The maximum atomic E-state index is 12.8. The van der Waals surface area contributed by atoms with Gasteiger partial charge in [0.1, 0.15) is 5.82 Å². The summed E-state index contributed by atoms with van der Waals surface area (Å²) in [6, 6.07) is 26.0. The minimum Gasteiger partial charge on any atom is -0.493 e. The van der Waals surface area contributed by atoms with E-state index >= 15 is 0 Å². The van der Waals surface area contributed by atoms with Crippen molar-refractivity contribution in [1.82, 2.24) is 14.5 Å². The van der Waals surface area contributed by atoms with Crippen LogP contribution in [0.4, 0.5) is 0 Å². The van der Waals surface area contributed by atoms with Gasteiger partial charge in [-0.2, -0.15) is 0 Å². The second-order valence-corrected chi connectivity index (χ2v) is 8.62. The number of hydrogen-bond acceptors (Lipinski definition) is 4. The highest BCUT2D eigenvalue weighted by Crippen LogP contribution is 2.32. The predicted octanol–water partition coefficient (Wildman–Crippen LogP) is 5.03. The predicted molar refractivity (Wildman–Crippen MR) is 132 cm³/mol. The highest BCUT2D eigenvalue weighted by atomic mass is 16.5. The molecule has 1 aliphatic rings. The van der Waals surface area contributed by atoms with Crippen molar-refractivity contribution in [2.45, 2.75) is 31.8 Å². The van der Waals surface area contributed by atoms with E-state index in [0.717, 1.165) is 46.9 Å². The first-order chi connectivity index (χ1) is 16.7. The van der Waals surface area contributed by atoms with Crippen LogP contribution in [-0.2, 0) is 17.9 Å². The second-order valence-electron chi connectivity index (χ2n) is 8.62. The molecular weight excluding hydrogens is 426 g/mol. The minimum atomic E-state index is 0.0822. The summed E-state index contributed by atoms with van der Waals surface area (Å²) in [5.41, 5.74) is 3.22. The number of methoxy groups -OCH3 is 1. The molecule has 1 amide bonds. The molecule has 0 radical (unpaired) electrons. The van der Waals surface area contributed by atoms with Crippen LogP contribution in [0, 0.1) is 0 Å². The third kappa shape index (κ3) is 4.62. The minimum absolute atomic E-state index is 0.0822. The van der Waals surface area contributed by atoms with Crippen molar-refractivity contribution in [3.8, 4) is 11.5 Å². The molecule has 1 aromatic heterocycles. The van der Waals surface area contributed by atoms with E-state index in [-0.39, 0.29) is 11.8 Å². The summed E-state index contributed by atoms with van der Waals surface area (Å²) in [5.74, 6) is 2.74. The van der Waals surface area contributed by atoms with Crippen molar-refractivity contribution in [1.29, 1.82) is 0 Å². The Morgan fingerprint density at radius 1 is 0.941 bits per heavy atom. The standard InChI is InChI=1S/C28H29N3O3/c1-33-25-14-7-8-15-26(25)34-17-9-16-31-24-13-6-5-12-23(24)29-28(31)22-18-27(32)30(20-22)19-21-10-3-2-4-11-21/h2-8,10-15,22H,9,16-20H2,1H3/t22-/m0/s1. The topological polar surface area (TPSA) is 56.6 Å². The Hall–Kier alpha value is -3.80. The fourth-order valence-electron chi connectivity index (χ4n) is 4.69. The smallest absolute Gasteiger partial charge is 0.223 e. The van der Waals surface area contributed by atoms with E-state index in [1.807, 2.05) is 65.6 Å². The molecule has 0 unspecified atom stereocenters. The van der Waals surface area contributed by atoms with E-state index in [4.69, 9.17) is 14.5 Å². The van der Waals surface area contributed by atoms with E-state index in [0.29, 0.717) is 26.1 Å². The number of ether oxygens (including phenoxy) is 2. The Balaban J connectivity index is 1.31. The molecule has 0 spiro atoms. The largest absolute Gasteiger partial charge is 0.493 e. The van der Waals surface area contributed by atoms with Gasteiger partial charge in [-0.15, -0.1) is 0 Å². The van der Waals surface area contributed by atoms with E-state index in [1.54, 1.807) is 7.11 Å². The van der Waals surface area contributed by atoms with Crippen LogP contribution in [0.25, 0.3) is 11.0 Å². The number of amides is 1. The molecule has 0 saturated carbocycles. The average molecular weight is 456 g/mol. The van der Waals surface area contributed by atoms with Gasteiger partial charge in [-0.05, 0) is 36.2 Å². The Morgan fingerprint density at radius 2 is 1.68 bits per heavy atom. The Kier molecular flexibility index (Phi) is 6.47. The number of carbonyl (C=O) groups excluding carboxylic acids is 1. The van der Waals surface area contributed by atoms with E-state index < -0.39 is 0 Å². The molecular formula is C28H29N3O3. The monoisotopic (exact) mass is 455 g/mol. The van der Waals surface area contributed by atoms with Crippen LogP contribution in [0.5, 0.6) is 11.5 Å². The summed E-state index contributed by atoms with van der Waals surface area (Å²) >= 11 is 0. The summed E-state index contributed by atoms with van der Waals surface area (Å²) in [6.07, 6.45) is 1.31. The van der Waals surface area contributed by atoms with Gasteiger partial charge in [-0.25, -0.2) is 4.98 Å². The molecule has 4 aromatic rings. The molecule has 5 rings (SSSR count). The molecule has 6 nitrogen and oxygen atoms in total. The highest BCUT2D eigenvalue weighted by Gasteiger charge is 2.33. The van der Waals surface area contributed by atoms with Crippen LogP contribution >= 0.6 is 0 Å². The maximum Gasteiger partial charge on any atom is 0.223 e. The molecule has 0 bridgehead atoms. The number of hydrogen-bond donors (Lipinski definition) is 0. The number of aromatic nitrogens is 2. The first-order valence-corrected chi connectivity index (χ1v) is 11.8. The van der Waals surface area contributed by atoms with Crippen LogP contribution in [-0.4, -0.2) is 40.6 Å². The number of likely N-dealkylation sites (tertiary alicyclic amines) is 1. The Morgan fingerprint density at radius 3 is 2.50 bits per heavy atom. The molecule has 174 valence electrons. The van der Waals surface area contributed by atoms with Gasteiger partial charge in [0.05, 0.1) is 24.8 Å². The van der Waals surface area contributed by atoms with Gasteiger partial charge >= 0.3 is 0 Å². The van der Waals surface area contributed by atoms with Gasteiger partial charge in [-0.1, -0.05) is 54.6 Å². The number of rotatable bonds is 9. The summed E-state index contributed by atoms with van der Waals surface area (Å²) in [6.45, 7) is 2.67. The van der Waals surface area contributed by atoms with Crippen molar-refractivity contribution in [2.75, 3.05) is 20.3 Å². The lowest BCUT2D eigenvalue weighted by Crippen LogP contribution is -2.24. The number of carbonyl (C=O) groups is 1. The normalized spacial score (nSPS) is 15.7. The highest BCUT2D eigenvalue weighted by molar-refractivity contribution is 5.81. The Bertz CT molecular complexity index is 1270. The molecule has 34 heavy (non-hydrogen) atoms. The average Bonchev–Trinajstić information content (AvgIpc) is 3.43. The number of para-hydroxylation sites is 4. The maximum absolute atomic E-state index is 12.8. The molecule has 6 heteroatoms. The van der Waals surface area contributed by atoms with E-state index in [1.165, 1.54) is 0 Å². The van der Waals surface area contributed by atoms with Crippen molar-refractivity contribution in [3.05, 3.63) is 90.3 Å². The molecule has 2 heterocycles. The van der Waals surface area contributed by atoms with Crippen LogP contribution in [0.3, 0.4) is 0 Å². The van der Waals surface area contributed by atoms with Crippen molar-refractivity contribution in [3.63, 3.8) is 0 Å². The number of aryl methyl sites for hydroxylation is 1. The molecule has 0 N–H and O–H groups in total. The number of nitrogens with zero attached hydrogens (tertiary/aromatic N) is 3. The van der Waals surface area contributed by atoms with Crippen molar-refractivity contribution in [2.24, 2.45) is 0 Å². The van der Waals surface area contributed by atoms with Gasteiger partial charge in [0.25, 0.3) is 0 Å². The van der Waals surface area contributed by atoms with Crippen LogP contribution in [0.1, 0.15) is 30.1 Å². The quantitative estimate of drug-likeness (QED) is 0.332. The Labute approximate surface area is 199 Å². The van der Waals surface area contributed by atoms with Crippen LogP contribution in [0.2, 0.25) is 0 Å².